The maximum atomic E-state index is 10.0. The van der Waals surface area contributed by atoms with Crippen LogP contribution >= 0.6 is 11.3 Å². The summed E-state index contributed by atoms with van der Waals surface area (Å²) in [5.74, 6) is 0.735. The van der Waals surface area contributed by atoms with E-state index in [1.807, 2.05) is 42.5 Å². The normalized spacial score (nSPS) is 12.2. The van der Waals surface area contributed by atoms with Gasteiger partial charge < -0.3 is 20.3 Å². The van der Waals surface area contributed by atoms with E-state index in [4.69, 9.17) is 4.74 Å². The molecular formula is C22H27N3O3S. The quantitative estimate of drug-likeness (QED) is 0.505. The molecule has 0 aliphatic heterocycles. The lowest BCUT2D eigenvalue weighted by atomic mass is 10.0. The summed E-state index contributed by atoms with van der Waals surface area (Å²) in [7, 11) is 0. The molecule has 0 fully saturated rings. The number of rotatable bonds is 8. The fraction of sp³-hybridized carbons (Fsp3) is 0.364. The van der Waals surface area contributed by atoms with E-state index in [-0.39, 0.29) is 6.61 Å². The van der Waals surface area contributed by atoms with Crippen molar-refractivity contribution in [3.63, 3.8) is 0 Å². The van der Waals surface area contributed by atoms with Crippen LogP contribution in [0.4, 0.5) is 10.8 Å². The van der Waals surface area contributed by atoms with E-state index in [0.717, 1.165) is 27.0 Å². The van der Waals surface area contributed by atoms with Crippen molar-refractivity contribution >= 4 is 22.2 Å². The second-order valence-corrected chi connectivity index (χ2v) is 9.18. The van der Waals surface area contributed by atoms with Crippen LogP contribution in [0.3, 0.4) is 0 Å². The number of aliphatic hydroxyl groups is 2. The van der Waals surface area contributed by atoms with Gasteiger partial charge in [-0.25, -0.2) is 4.98 Å². The van der Waals surface area contributed by atoms with Crippen molar-refractivity contribution in [1.29, 1.82) is 0 Å². The van der Waals surface area contributed by atoms with Crippen LogP contribution in [-0.2, 0) is 16.9 Å². The first kappa shape index (κ1) is 21.4. The number of ether oxygens (including phenoxy) is 1. The van der Waals surface area contributed by atoms with E-state index in [0.29, 0.717) is 12.3 Å². The molecule has 0 bridgehead atoms. The minimum atomic E-state index is -0.950. The number of pyridine rings is 2. The molecule has 0 spiro atoms. The standard InChI is InChI=1S/C22H27N3O3S/c1-21(2,26)14-28-13-16-6-5-7-19(24-16)25-20-11-9-17(29-20)15-8-10-18(23-12-15)22(3,4)27/h5-12,26-27H,13-14H2,1-4H3,(H,24,25). The monoisotopic (exact) mass is 413 g/mol. The Bertz CT molecular complexity index is 941. The van der Waals surface area contributed by atoms with E-state index < -0.39 is 11.2 Å². The highest BCUT2D eigenvalue weighted by molar-refractivity contribution is 7.19. The number of hydrogen-bond acceptors (Lipinski definition) is 7. The summed E-state index contributed by atoms with van der Waals surface area (Å²) in [6.07, 6.45) is 1.78. The van der Waals surface area contributed by atoms with Gasteiger partial charge in [0.25, 0.3) is 0 Å². The predicted molar refractivity (Wildman–Crippen MR) is 116 cm³/mol. The first-order chi connectivity index (χ1) is 13.6. The van der Waals surface area contributed by atoms with E-state index in [2.05, 4.69) is 15.3 Å². The molecule has 0 atom stereocenters. The summed E-state index contributed by atoms with van der Waals surface area (Å²) in [5, 5.41) is 24.0. The number of anilines is 2. The summed E-state index contributed by atoms with van der Waals surface area (Å²) < 4.78 is 5.52. The molecule has 0 radical (unpaired) electrons. The predicted octanol–water partition coefficient (Wildman–Crippen LogP) is 4.46. The molecule has 3 aromatic heterocycles. The van der Waals surface area contributed by atoms with E-state index >= 15 is 0 Å². The smallest absolute Gasteiger partial charge is 0.131 e. The maximum Gasteiger partial charge on any atom is 0.131 e. The maximum absolute atomic E-state index is 10.0. The van der Waals surface area contributed by atoms with Crippen molar-refractivity contribution in [2.75, 3.05) is 11.9 Å². The Morgan fingerprint density at radius 2 is 1.83 bits per heavy atom. The molecule has 7 heteroatoms. The van der Waals surface area contributed by atoms with Crippen molar-refractivity contribution in [3.8, 4) is 10.4 Å². The molecule has 0 amide bonds. The lowest BCUT2D eigenvalue weighted by molar-refractivity contribution is -0.0276. The van der Waals surface area contributed by atoms with Crippen molar-refractivity contribution in [2.45, 2.75) is 45.5 Å². The molecule has 0 saturated heterocycles. The van der Waals surface area contributed by atoms with Crippen molar-refractivity contribution < 1.29 is 14.9 Å². The fourth-order valence-electron chi connectivity index (χ4n) is 2.62. The largest absolute Gasteiger partial charge is 0.388 e. The highest BCUT2D eigenvalue weighted by Gasteiger charge is 2.17. The Morgan fingerprint density at radius 3 is 2.48 bits per heavy atom. The van der Waals surface area contributed by atoms with Crippen molar-refractivity contribution in [3.05, 3.63) is 60.0 Å². The van der Waals surface area contributed by atoms with Crippen LogP contribution in [-0.4, -0.2) is 32.4 Å². The highest BCUT2D eigenvalue weighted by atomic mass is 32.1. The molecule has 29 heavy (non-hydrogen) atoms. The number of aromatic nitrogens is 2. The van der Waals surface area contributed by atoms with Gasteiger partial charge in [-0.15, -0.1) is 11.3 Å². The topological polar surface area (TPSA) is 87.5 Å². The van der Waals surface area contributed by atoms with Gasteiger partial charge in [-0.05, 0) is 58.0 Å². The molecule has 3 heterocycles. The lowest BCUT2D eigenvalue weighted by Crippen LogP contribution is -2.25. The molecule has 3 aromatic rings. The Kier molecular flexibility index (Phi) is 6.33. The second-order valence-electron chi connectivity index (χ2n) is 8.10. The third kappa shape index (κ3) is 6.33. The molecule has 6 nitrogen and oxygen atoms in total. The first-order valence-corrected chi connectivity index (χ1v) is 10.2. The van der Waals surface area contributed by atoms with Gasteiger partial charge in [0.05, 0.1) is 35.2 Å². The van der Waals surface area contributed by atoms with E-state index in [1.54, 1.807) is 45.2 Å². The van der Waals surface area contributed by atoms with Crippen LogP contribution in [0.5, 0.6) is 0 Å². The molecule has 3 rings (SSSR count). The summed E-state index contributed by atoms with van der Waals surface area (Å²) in [5.41, 5.74) is 0.626. The van der Waals surface area contributed by atoms with Crippen LogP contribution in [0, 0.1) is 0 Å². The molecule has 3 N–H and O–H groups in total. The highest BCUT2D eigenvalue weighted by Crippen LogP contribution is 2.33. The summed E-state index contributed by atoms with van der Waals surface area (Å²) in [6, 6.07) is 13.6. The Hall–Kier alpha value is -2.32. The summed E-state index contributed by atoms with van der Waals surface area (Å²) in [4.78, 5) is 10.0. The second kappa shape index (κ2) is 8.59. The number of hydrogen-bond donors (Lipinski definition) is 3. The van der Waals surface area contributed by atoms with Crippen LogP contribution < -0.4 is 5.32 Å². The average molecular weight is 414 g/mol. The minimum absolute atomic E-state index is 0.251. The molecule has 0 aliphatic rings. The molecule has 0 aromatic carbocycles. The van der Waals surface area contributed by atoms with Crippen LogP contribution in [0.25, 0.3) is 10.4 Å². The molecule has 0 aliphatic carbocycles. The van der Waals surface area contributed by atoms with Gasteiger partial charge >= 0.3 is 0 Å². The fourth-order valence-corrected chi connectivity index (χ4v) is 3.53. The molecule has 154 valence electrons. The van der Waals surface area contributed by atoms with Crippen LogP contribution in [0.15, 0.2) is 48.7 Å². The van der Waals surface area contributed by atoms with Crippen molar-refractivity contribution in [2.24, 2.45) is 0 Å². The average Bonchev–Trinajstić information content (AvgIpc) is 3.09. The zero-order valence-electron chi connectivity index (χ0n) is 17.1. The van der Waals surface area contributed by atoms with Gasteiger partial charge in [-0.3, -0.25) is 4.98 Å². The van der Waals surface area contributed by atoms with Gasteiger partial charge in [0.1, 0.15) is 11.4 Å². The zero-order chi connectivity index (χ0) is 21.1. The Balaban J connectivity index is 1.65. The van der Waals surface area contributed by atoms with Gasteiger partial charge in [0.2, 0.25) is 0 Å². The van der Waals surface area contributed by atoms with E-state index in [9.17, 15) is 10.2 Å². The SMILES string of the molecule is CC(C)(O)COCc1cccc(Nc2ccc(-c3ccc(C(C)(C)O)nc3)s2)n1. The van der Waals surface area contributed by atoms with Gasteiger partial charge in [0.15, 0.2) is 0 Å². The third-order valence-corrected chi connectivity index (χ3v) is 5.09. The van der Waals surface area contributed by atoms with Crippen LogP contribution in [0.2, 0.25) is 0 Å². The molecular weight excluding hydrogens is 386 g/mol. The van der Waals surface area contributed by atoms with Gasteiger partial charge in [0, 0.05) is 16.6 Å². The summed E-state index contributed by atoms with van der Waals surface area (Å²) in [6.45, 7) is 7.45. The van der Waals surface area contributed by atoms with Gasteiger partial charge in [-0.1, -0.05) is 12.1 Å². The zero-order valence-corrected chi connectivity index (χ0v) is 18.0. The minimum Gasteiger partial charge on any atom is -0.388 e. The summed E-state index contributed by atoms with van der Waals surface area (Å²) >= 11 is 1.60. The lowest BCUT2D eigenvalue weighted by Gasteiger charge is -2.16. The van der Waals surface area contributed by atoms with Crippen molar-refractivity contribution in [1.82, 2.24) is 9.97 Å². The van der Waals surface area contributed by atoms with E-state index in [1.165, 1.54) is 0 Å². The Morgan fingerprint density at radius 1 is 1.03 bits per heavy atom. The number of nitrogens with one attached hydrogen (secondary N) is 1. The third-order valence-electron chi connectivity index (χ3n) is 4.04. The Labute approximate surface area is 175 Å². The van der Waals surface area contributed by atoms with Crippen LogP contribution in [0.1, 0.15) is 39.1 Å². The number of thiophene rings is 1. The number of nitrogens with zero attached hydrogens (tertiary/aromatic N) is 2. The van der Waals surface area contributed by atoms with Gasteiger partial charge in [-0.2, -0.15) is 0 Å². The molecule has 0 saturated carbocycles. The molecule has 0 unspecified atom stereocenters. The first-order valence-electron chi connectivity index (χ1n) is 9.42.